The van der Waals surface area contributed by atoms with Crippen LogP contribution >= 0.6 is 0 Å². The molecule has 0 aliphatic carbocycles. The van der Waals surface area contributed by atoms with Crippen molar-refractivity contribution in [2.24, 2.45) is 0 Å². The van der Waals surface area contributed by atoms with E-state index in [-0.39, 0.29) is 28.6 Å². The number of carbonyl (C=O) groups excluding carboxylic acids is 3. The van der Waals surface area contributed by atoms with E-state index in [1.807, 2.05) is 0 Å². The molecule has 30 heavy (non-hydrogen) atoms. The summed E-state index contributed by atoms with van der Waals surface area (Å²) in [4.78, 5) is 52.1. The second-order valence-electron chi connectivity index (χ2n) is 6.19. The Hall–Kier alpha value is -4.28. The highest BCUT2D eigenvalue weighted by molar-refractivity contribution is 6.30. The van der Waals surface area contributed by atoms with Gasteiger partial charge >= 0.3 is 6.03 Å². The highest BCUT2D eigenvalue weighted by Crippen LogP contribution is 2.33. The van der Waals surface area contributed by atoms with Crippen molar-refractivity contribution >= 4 is 29.6 Å². The second kappa shape index (κ2) is 7.99. The summed E-state index contributed by atoms with van der Waals surface area (Å²) in [7, 11) is 3.98. The van der Waals surface area contributed by atoms with Crippen molar-refractivity contribution in [3.8, 4) is 17.4 Å². The van der Waals surface area contributed by atoms with Crippen molar-refractivity contribution in [2.75, 3.05) is 21.2 Å². The number of carbonyl (C=O) groups is 3. The number of ether oxygens (including phenoxy) is 2. The predicted octanol–water partition coefficient (Wildman–Crippen LogP) is 2.22. The Morgan fingerprint density at radius 1 is 1.03 bits per heavy atom. The predicted molar refractivity (Wildman–Crippen MR) is 103 cm³/mol. The summed E-state index contributed by atoms with van der Waals surface area (Å²) >= 11 is 0. The van der Waals surface area contributed by atoms with Gasteiger partial charge in [-0.05, 0) is 23.8 Å². The highest BCUT2D eigenvalue weighted by Gasteiger charge is 2.37. The molecule has 11 nitrogen and oxygen atoms in total. The number of imide groups is 2. The first-order valence-corrected chi connectivity index (χ1v) is 8.51. The number of nitro groups is 1. The summed E-state index contributed by atoms with van der Waals surface area (Å²) in [5.41, 5.74) is 0.114. The third kappa shape index (κ3) is 3.81. The molecule has 11 heteroatoms. The van der Waals surface area contributed by atoms with Gasteiger partial charge in [-0.2, -0.15) is 0 Å². The fourth-order valence-electron chi connectivity index (χ4n) is 2.65. The summed E-state index contributed by atoms with van der Waals surface area (Å²) in [5, 5.41) is 10.7. The molecule has 2 heterocycles. The average molecular weight is 412 g/mol. The molecule has 1 aromatic carbocycles. The molecule has 1 aliphatic rings. The maximum atomic E-state index is 12.3. The summed E-state index contributed by atoms with van der Waals surface area (Å²) in [6.07, 6.45) is 2.41. The number of nitrogens with zero attached hydrogens (tertiary/aromatic N) is 4. The van der Waals surface area contributed by atoms with Crippen molar-refractivity contribution in [2.45, 2.75) is 0 Å². The number of hydrogen-bond donors (Lipinski definition) is 0. The summed E-state index contributed by atoms with van der Waals surface area (Å²) in [5.74, 6) is -0.760. The first-order chi connectivity index (χ1) is 14.2. The van der Waals surface area contributed by atoms with Gasteiger partial charge in [-0.25, -0.2) is 9.78 Å². The van der Waals surface area contributed by atoms with Crippen LogP contribution in [0.1, 0.15) is 5.56 Å². The molecule has 0 saturated carbocycles. The molecule has 0 unspecified atom stereocenters. The van der Waals surface area contributed by atoms with Gasteiger partial charge in [0.05, 0.1) is 12.0 Å². The molecule has 0 radical (unpaired) electrons. The lowest BCUT2D eigenvalue weighted by atomic mass is 10.1. The van der Waals surface area contributed by atoms with Gasteiger partial charge in [0.15, 0.2) is 11.5 Å². The fourth-order valence-corrected chi connectivity index (χ4v) is 2.65. The van der Waals surface area contributed by atoms with Gasteiger partial charge in [0, 0.05) is 26.2 Å². The van der Waals surface area contributed by atoms with Crippen molar-refractivity contribution in [1.82, 2.24) is 14.8 Å². The normalized spacial score (nSPS) is 14.1. The fraction of sp³-hybridized carbons (Fsp3) is 0.158. The number of benzene rings is 1. The van der Waals surface area contributed by atoms with Crippen LogP contribution in [0, 0.1) is 10.1 Å². The van der Waals surface area contributed by atoms with Crippen LogP contribution < -0.4 is 9.47 Å². The Kier molecular flexibility index (Phi) is 5.45. The molecule has 1 aliphatic heterocycles. The summed E-state index contributed by atoms with van der Waals surface area (Å²) < 4.78 is 10.9. The largest absolute Gasteiger partial charge is 0.493 e. The molecular formula is C19H16N4O7. The first kappa shape index (κ1) is 20.5. The lowest BCUT2D eigenvalue weighted by Crippen LogP contribution is -2.52. The lowest BCUT2D eigenvalue weighted by molar-refractivity contribution is -0.385. The van der Waals surface area contributed by atoms with Crippen LogP contribution in [-0.4, -0.2) is 58.8 Å². The van der Waals surface area contributed by atoms with Gasteiger partial charge in [0.2, 0.25) is 5.88 Å². The highest BCUT2D eigenvalue weighted by atomic mass is 16.6. The van der Waals surface area contributed by atoms with Gasteiger partial charge in [0.1, 0.15) is 11.8 Å². The average Bonchev–Trinajstić information content (AvgIpc) is 2.75. The van der Waals surface area contributed by atoms with Crippen molar-refractivity contribution in [3.05, 3.63) is 57.8 Å². The minimum Gasteiger partial charge on any atom is -0.493 e. The van der Waals surface area contributed by atoms with Crippen LogP contribution in [0.3, 0.4) is 0 Å². The van der Waals surface area contributed by atoms with E-state index in [2.05, 4.69) is 4.98 Å². The number of amides is 4. The van der Waals surface area contributed by atoms with Gasteiger partial charge < -0.3 is 9.47 Å². The number of aromatic nitrogens is 1. The molecule has 1 fully saturated rings. The van der Waals surface area contributed by atoms with Crippen LogP contribution in [-0.2, 0) is 9.59 Å². The van der Waals surface area contributed by atoms with Crippen LogP contribution in [0.4, 0.5) is 10.5 Å². The van der Waals surface area contributed by atoms with E-state index in [9.17, 15) is 24.5 Å². The molecule has 4 amide bonds. The maximum Gasteiger partial charge on any atom is 0.333 e. The molecule has 0 spiro atoms. The summed E-state index contributed by atoms with van der Waals surface area (Å²) in [6, 6.07) is 6.53. The number of likely N-dealkylation sites (N-methyl/N-ethyl adjacent to an activating group) is 2. The van der Waals surface area contributed by atoms with E-state index in [4.69, 9.17) is 9.47 Å². The number of pyridine rings is 1. The number of barbiturate groups is 1. The molecule has 1 aromatic heterocycles. The number of hydrogen-bond acceptors (Lipinski definition) is 8. The Labute approximate surface area is 170 Å². The maximum absolute atomic E-state index is 12.3. The molecule has 0 atom stereocenters. The van der Waals surface area contributed by atoms with E-state index >= 15 is 0 Å². The molecular weight excluding hydrogens is 396 g/mol. The van der Waals surface area contributed by atoms with Gasteiger partial charge in [-0.3, -0.25) is 29.5 Å². The van der Waals surface area contributed by atoms with Crippen LogP contribution in [0.2, 0.25) is 0 Å². The summed E-state index contributed by atoms with van der Waals surface area (Å²) in [6.45, 7) is 0. The molecule has 0 bridgehead atoms. The SMILES string of the molecule is COc1cc(C=C2C(=O)N(C)C(=O)N(C)C2=O)ccc1Oc1ccc([N+](=O)[O-])cn1. The zero-order valence-corrected chi connectivity index (χ0v) is 16.2. The monoisotopic (exact) mass is 412 g/mol. The molecule has 154 valence electrons. The standard InChI is InChI=1S/C19H16N4O7/c1-21-17(24)13(18(25)22(2)19(21)26)8-11-4-6-14(15(9-11)29-3)30-16-7-5-12(10-20-16)23(27)28/h4-10H,1-3H3. The lowest BCUT2D eigenvalue weighted by Gasteiger charge is -2.28. The first-order valence-electron chi connectivity index (χ1n) is 8.51. The zero-order valence-electron chi connectivity index (χ0n) is 16.2. The number of urea groups is 1. The quantitative estimate of drug-likeness (QED) is 0.316. The number of methoxy groups -OCH3 is 1. The minimum atomic E-state index is -0.711. The van der Waals surface area contributed by atoms with E-state index in [0.29, 0.717) is 5.56 Å². The molecule has 3 rings (SSSR count). The van der Waals surface area contributed by atoms with Crippen LogP contribution in [0.25, 0.3) is 6.08 Å². The Morgan fingerprint density at radius 3 is 2.23 bits per heavy atom. The number of rotatable bonds is 5. The third-order valence-corrected chi connectivity index (χ3v) is 4.29. The topological polar surface area (TPSA) is 132 Å². The third-order valence-electron chi connectivity index (χ3n) is 4.29. The van der Waals surface area contributed by atoms with E-state index in [1.165, 1.54) is 51.5 Å². The second-order valence-corrected chi connectivity index (χ2v) is 6.19. The van der Waals surface area contributed by atoms with E-state index in [1.54, 1.807) is 6.07 Å². The Balaban J connectivity index is 1.89. The smallest absolute Gasteiger partial charge is 0.333 e. The van der Waals surface area contributed by atoms with Gasteiger partial charge in [-0.1, -0.05) is 6.07 Å². The molecule has 2 aromatic rings. The van der Waals surface area contributed by atoms with Crippen molar-refractivity contribution < 1.29 is 28.8 Å². The van der Waals surface area contributed by atoms with Crippen LogP contribution in [0.5, 0.6) is 17.4 Å². The van der Waals surface area contributed by atoms with Gasteiger partial charge in [0.25, 0.3) is 17.5 Å². The van der Waals surface area contributed by atoms with E-state index < -0.39 is 22.8 Å². The Morgan fingerprint density at radius 2 is 1.70 bits per heavy atom. The van der Waals surface area contributed by atoms with Gasteiger partial charge in [-0.15, -0.1) is 0 Å². The minimum absolute atomic E-state index is 0.115. The van der Waals surface area contributed by atoms with Crippen molar-refractivity contribution in [3.63, 3.8) is 0 Å². The zero-order chi connectivity index (χ0) is 22.0. The Bertz CT molecular complexity index is 1050. The van der Waals surface area contributed by atoms with Crippen LogP contribution in [0.15, 0.2) is 42.1 Å². The van der Waals surface area contributed by atoms with E-state index in [0.717, 1.165) is 16.0 Å². The molecule has 0 N–H and O–H groups in total. The van der Waals surface area contributed by atoms with Crippen molar-refractivity contribution in [1.29, 1.82) is 0 Å². The molecule has 1 saturated heterocycles.